The highest BCUT2D eigenvalue weighted by molar-refractivity contribution is 9.11. The SMILES string of the molecule is NC1CC2CCCC(C1)N2c1cc(Br)ccc1Br. The highest BCUT2D eigenvalue weighted by atomic mass is 79.9. The second-order valence-corrected chi connectivity index (χ2v) is 7.24. The molecule has 2 N–H and O–H groups in total. The summed E-state index contributed by atoms with van der Waals surface area (Å²) in [6, 6.07) is 8.08. The van der Waals surface area contributed by atoms with Crippen molar-refractivity contribution in [2.24, 2.45) is 5.73 Å². The van der Waals surface area contributed by atoms with Gasteiger partial charge in [0.25, 0.3) is 0 Å². The summed E-state index contributed by atoms with van der Waals surface area (Å²) < 4.78 is 2.34. The Morgan fingerprint density at radius 2 is 1.78 bits per heavy atom. The van der Waals surface area contributed by atoms with Crippen molar-refractivity contribution in [1.29, 1.82) is 0 Å². The van der Waals surface area contributed by atoms with Gasteiger partial charge in [0.1, 0.15) is 0 Å². The maximum absolute atomic E-state index is 6.19. The molecule has 2 aliphatic rings. The molecule has 2 nitrogen and oxygen atoms in total. The fourth-order valence-electron chi connectivity index (χ4n) is 3.50. The predicted octanol–water partition coefficient (Wildman–Crippen LogP) is 4.06. The van der Waals surface area contributed by atoms with Crippen LogP contribution in [-0.4, -0.2) is 18.1 Å². The quantitative estimate of drug-likeness (QED) is 0.804. The molecule has 1 aromatic rings. The Hall–Kier alpha value is -0.0600. The second kappa shape index (κ2) is 5.14. The van der Waals surface area contributed by atoms with Crippen LogP contribution >= 0.6 is 31.9 Å². The van der Waals surface area contributed by atoms with Crippen LogP contribution in [0.2, 0.25) is 0 Å². The lowest BCUT2D eigenvalue weighted by Gasteiger charge is -2.50. The third-order valence-electron chi connectivity index (χ3n) is 4.20. The fraction of sp³-hybridized carbons (Fsp3) is 0.571. The van der Waals surface area contributed by atoms with Crippen molar-refractivity contribution in [3.8, 4) is 0 Å². The number of halogens is 2. The first-order chi connectivity index (χ1) is 8.65. The van der Waals surface area contributed by atoms with E-state index in [0.29, 0.717) is 18.1 Å². The van der Waals surface area contributed by atoms with Gasteiger partial charge in [-0.15, -0.1) is 0 Å². The van der Waals surface area contributed by atoms with Crippen LogP contribution in [0.25, 0.3) is 0 Å². The fourth-order valence-corrected chi connectivity index (χ4v) is 4.30. The third-order valence-corrected chi connectivity index (χ3v) is 5.36. The number of nitrogens with zero attached hydrogens (tertiary/aromatic N) is 1. The van der Waals surface area contributed by atoms with E-state index in [9.17, 15) is 0 Å². The molecule has 1 aromatic carbocycles. The Kier molecular flexibility index (Phi) is 3.70. The number of hydrogen-bond donors (Lipinski definition) is 1. The van der Waals surface area contributed by atoms with E-state index in [0.717, 1.165) is 17.3 Å². The Bertz CT molecular complexity index is 435. The van der Waals surface area contributed by atoms with Crippen LogP contribution < -0.4 is 10.6 Å². The molecule has 0 spiro atoms. The van der Waals surface area contributed by atoms with Crippen molar-refractivity contribution < 1.29 is 0 Å². The molecule has 0 saturated carbocycles. The van der Waals surface area contributed by atoms with Crippen LogP contribution in [0.3, 0.4) is 0 Å². The molecule has 4 heteroatoms. The van der Waals surface area contributed by atoms with E-state index in [4.69, 9.17) is 5.73 Å². The predicted molar refractivity (Wildman–Crippen MR) is 83.0 cm³/mol. The summed E-state index contributed by atoms with van der Waals surface area (Å²) in [5, 5.41) is 0. The van der Waals surface area contributed by atoms with Crippen LogP contribution in [0.1, 0.15) is 32.1 Å². The van der Waals surface area contributed by atoms with E-state index < -0.39 is 0 Å². The maximum atomic E-state index is 6.19. The average Bonchev–Trinajstić information content (AvgIpc) is 2.31. The average molecular weight is 374 g/mol. The Labute approximate surface area is 125 Å². The minimum atomic E-state index is 0.391. The van der Waals surface area contributed by atoms with E-state index in [1.54, 1.807) is 0 Å². The van der Waals surface area contributed by atoms with Crippen molar-refractivity contribution in [2.45, 2.75) is 50.2 Å². The summed E-state index contributed by atoms with van der Waals surface area (Å²) in [5.41, 5.74) is 7.51. The molecular formula is C14H18Br2N2. The second-order valence-electron chi connectivity index (χ2n) is 5.47. The van der Waals surface area contributed by atoms with Gasteiger partial charge >= 0.3 is 0 Å². The van der Waals surface area contributed by atoms with E-state index in [1.165, 1.54) is 29.4 Å². The molecule has 2 atom stereocenters. The molecule has 2 aliphatic heterocycles. The maximum Gasteiger partial charge on any atom is 0.0526 e. The lowest BCUT2D eigenvalue weighted by molar-refractivity contribution is 0.271. The zero-order valence-corrected chi connectivity index (χ0v) is 13.5. The number of anilines is 1. The Balaban J connectivity index is 1.97. The number of nitrogens with two attached hydrogens (primary N) is 1. The van der Waals surface area contributed by atoms with Crippen LogP contribution in [0, 0.1) is 0 Å². The topological polar surface area (TPSA) is 29.3 Å². The van der Waals surface area contributed by atoms with Crippen LogP contribution in [-0.2, 0) is 0 Å². The van der Waals surface area contributed by atoms with Crippen molar-refractivity contribution in [1.82, 2.24) is 0 Å². The van der Waals surface area contributed by atoms with Gasteiger partial charge in [0.05, 0.1) is 5.69 Å². The van der Waals surface area contributed by atoms with Gasteiger partial charge in [0.2, 0.25) is 0 Å². The minimum absolute atomic E-state index is 0.391. The largest absolute Gasteiger partial charge is 0.365 e. The molecule has 2 fully saturated rings. The summed E-state index contributed by atoms with van der Waals surface area (Å²) in [4.78, 5) is 2.61. The lowest BCUT2D eigenvalue weighted by Crippen LogP contribution is -2.55. The number of benzene rings is 1. The van der Waals surface area contributed by atoms with Crippen LogP contribution in [0.4, 0.5) is 5.69 Å². The first-order valence-corrected chi connectivity index (χ1v) is 8.22. The van der Waals surface area contributed by atoms with Gasteiger partial charge in [-0.3, -0.25) is 0 Å². The summed E-state index contributed by atoms with van der Waals surface area (Å²) >= 11 is 7.28. The van der Waals surface area contributed by atoms with E-state index in [2.05, 4.69) is 55.0 Å². The van der Waals surface area contributed by atoms with Crippen molar-refractivity contribution in [2.75, 3.05) is 4.90 Å². The molecule has 2 saturated heterocycles. The van der Waals surface area contributed by atoms with Gasteiger partial charge in [-0.1, -0.05) is 15.9 Å². The summed E-state index contributed by atoms with van der Waals surface area (Å²) in [6.07, 6.45) is 6.18. The summed E-state index contributed by atoms with van der Waals surface area (Å²) in [5.74, 6) is 0. The molecule has 0 aliphatic carbocycles. The van der Waals surface area contributed by atoms with E-state index in [-0.39, 0.29) is 0 Å². The van der Waals surface area contributed by atoms with Crippen molar-refractivity contribution >= 4 is 37.5 Å². The first kappa shape index (κ1) is 12.9. The van der Waals surface area contributed by atoms with Crippen molar-refractivity contribution in [3.63, 3.8) is 0 Å². The molecule has 3 rings (SSSR count). The molecule has 98 valence electrons. The molecule has 0 aromatic heterocycles. The number of fused-ring (bicyclic) bond motifs is 2. The van der Waals surface area contributed by atoms with Gasteiger partial charge in [0, 0.05) is 27.1 Å². The molecule has 0 radical (unpaired) electrons. The third kappa shape index (κ3) is 2.35. The first-order valence-electron chi connectivity index (χ1n) is 6.64. The molecule has 18 heavy (non-hydrogen) atoms. The molecule has 2 heterocycles. The molecule has 2 bridgehead atoms. The molecular weight excluding hydrogens is 356 g/mol. The number of piperidine rings is 2. The zero-order chi connectivity index (χ0) is 12.7. The van der Waals surface area contributed by atoms with Crippen molar-refractivity contribution in [3.05, 3.63) is 27.1 Å². The Morgan fingerprint density at radius 3 is 2.44 bits per heavy atom. The van der Waals surface area contributed by atoms with Gasteiger partial charge in [0.15, 0.2) is 0 Å². The van der Waals surface area contributed by atoms with Crippen LogP contribution in [0.5, 0.6) is 0 Å². The monoisotopic (exact) mass is 372 g/mol. The standard InChI is InChI=1S/C14H18Br2N2/c15-9-4-5-13(16)14(6-9)18-11-2-1-3-12(18)8-10(17)7-11/h4-6,10-12H,1-3,7-8,17H2. The summed E-state index contributed by atoms with van der Waals surface area (Å²) in [7, 11) is 0. The van der Waals surface area contributed by atoms with E-state index in [1.807, 2.05) is 0 Å². The van der Waals surface area contributed by atoms with E-state index >= 15 is 0 Å². The highest BCUT2D eigenvalue weighted by Crippen LogP contribution is 2.41. The van der Waals surface area contributed by atoms with Gasteiger partial charge in [-0.2, -0.15) is 0 Å². The normalized spacial score (nSPS) is 31.5. The zero-order valence-electron chi connectivity index (χ0n) is 10.3. The molecule has 0 amide bonds. The Morgan fingerprint density at radius 1 is 1.11 bits per heavy atom. The van der Waals surface area contributed by atoms with Gasteiger partial charge < -0.3 is 10.6 Å². The van der Waals surface area contributed by atoms with Gasteiger partial charge in [-0.25, -0.2) is 0 Å². The minimum Gasteiger partial charge on any atom is -0.365 e. The molecule has 2 unspecified atom stereocenters. The van der Waals surface area contributed by atoms with Crippen LogP contribution in [0.15, 0.2) is 27.1 Å². The lowest BCUT2D eigenvalue weighted by atomic mass is 9.81. The summed E-state index contributed by atoms with van der Waals surface area (Å²) in [6.45, 7) is 0. The van der Waals surface area contributed by atoms with Gasteiger partial charge in [-0.05, 0) is 66.2 Å². The highest BCUT2D eigenvalue weighted by Gasteiger charge is 2.37. The number of rotatable bonds is 1. The number of hydrogen-bond acceptors (Lipinski definition) is 2. The smallest absolute Gasteiger partial charge is 0.0526 e.